The van der Waals surface area contributed by atoms with E-state index in [0.29, 0.717) is 11.2 Å². The summed E-state index contributed by atoms with van der Waals surface area (Å²) in [6.07, 6.45) is 4.97. The van der Waals surface area contributed by atoms with Gasteiger partial charge in [-0.1, -0.05) is 6.08 Å². The summed E-state index contributed by atoms with van der Waals surface area (Å²) < 4.78 is 0. The molecule has 2 aromatic rings. The Balaban J connectivity index is 1.86. The molecular weight excluding hydrogens is 310 g/mol. The smallest absolute Gasteiger partial charge is 0.293 e. The quantitative estimate of drug-likeness (QED) is 0.493. The Morgan fingerprint density at radius 2 is 2.21 bits per heavy atom. The molecule has 1 saturated heterocycles. The maximum atomic E-state index is 11.8. The molecule has 3 rings (SSSR count). The molecule has 1 aromatic carbocycles. The number of aromatic nitrogens is 2. The zero-order valence-corrected chi connectivity index (χ0v) is 13.2. The molecule has 1 fully saturated rings. The van der Waals surface area contributed by atoms with Crippen molar-refractivity contribution < 1.29 is 4.92 Å². The lowest BCUT2D eigenvalue weighted by Gasteiger charge is -2.32. The molecule has 0 radical (unpaired) electrons. The number of piperidine rings is 1. The Kier molecular flexibility index (Phi) is 4.57. The van der Waals surface area contributed by atoms with E-state index in [9.17, 15) is 14.9 Å². The Hall–Kier alpha value is -2.74. The van der Waals surface area contributed by atoms with Gasteiger partial charge in [-0.15, -0.1) is 6.58 Å². The average molecular weight is 329 g/mol. The molecule has 0 atom stereocenters. The lowest BCUT2D eigenvalue weighted by molar-refractivity contribution is -0.383. The van der Waals surface area contributed by atoms with Crippen molar-refractivity contribution in [1.82, 2.24) is 14.9 Å². The largest absolute Gasteiger partial charge is 0.377 e. The Bertz CT molecular complexity index is 824. The van der Waals surface area contributed by atoms with E-state index in [0.717, 1.165) is 32.5 Å². The Morgan fingerprint density at radius 1 is 1.46 bits per heavy atom. The molecule has 0 unspecified atom stereocenters. The maximum absolute atomic E-state index is 11.8. The number of nitrogens with zero attached hydrogens (tertiary/aromatic N) is 3. The highest BCUT2D eigenvalue weighted by molar-refractivity contribution is 5.86. The molecule has 0 spiro atoms. The summed E-state index contributed by atoms with van der Waals surface area (Å²) in [5.74, 6) is 0. The molecule has 0 bridgehead atoms. The number of nitro benzene ring substituents is 1. The summed E-state index contributed by atoms with van der Waals surface area (Å²) in [7, 11) is 0. The first-order chi connectivity index (χ1) is 11.6. The number of nitrogens with one attached hydrogen (secondary N) is 2. The summed E-state index contributed by atoms with van der Waals surface area (Å²) in [6.45, 7) is 6.44. The zero-order valence-electron chi connectivity index (χ0n) is 13.2. The minimum absolute atomic E-state index is 0.102. The normalized spacial score (nSPS) is 16.2. The van der Waals surface area contributed by atoms with Crippen molar-refractivity contribution in [2.45, 2.75) is 18.9 Å². The minimum Gasteiger partial charge on any atom is -0.377 e. The molecule has 0 saturated carbocycles. The van der Waals surface area contributed by atoms with E-state index >= 15 is 0 Å². The van der Waals surface area contributed by atoms with Crippen LogP contribution in [0.25, 0.3) is 10.9 Å². The van der Waals surface area contributed by atoms with Gasteiger partial charge in [0.15, 0.2) is 0 Å². The van der Waals surface area contributed by atoms with Crippen molar-refractivity contribution in [3.8, 4) is 0 Å². The first-order valence-corrected chi connectivity index (χ1v) is 7.84. The molecule has 8 heteroatoms. The highest BCUT2D eigenvalue weighted by atomic mass is 16.6. The summed E-state index contributed by atoms with van der Waals surface area (Å²) in [4.78, 5) is 31.5. The van der Waals surface area contributed by atoms with Crippen LogP contribution in [0.15, 0.2) is 35.9 Å². The maximum Gasteiger partial charge on any atom is 0.293 e. The summed E-state index contributed by atoms with van der Waals surface area (Å²) >= 11 is 0. The van der Waals surface area contributed by atoms with E-state index < -0.39 is 4.92 Å². The van der Waals surface area contributed by atoms with Gasteiger partial charge >= 0.3 is 0 Å². The number of hydrogen-bond donors (Lipinski definition) is 2. The van der Waals surface area contributed by atoms with E-state index in [1.54, 1.807) is 6.07 Å². The molecular formula is C16H19N5O3. The van der Waals surface area contributed by atoms with Crippen LogP contribution < -0.4 is 10.9 Å². The fourth-order valence-electron chi connectivity index (χ4n) is 3.03. The second-order valence-corrected chi connectivity index (χ2v) is 5.88. The van der Waals surface area contributed by atoms with Crippen LogP contribution in [0.3, 0.4) is 0 Å². The molecule has 1 aliphatic heterocycles. The van der Waals surface area contributed by atoms with Gasteiger partial charge in [0.25, 0.3) is 11.2 Å². The monoisotopic (exact) mass is 329 g/mol. The fourth-order valence-corrected chi connectivity index (χ4v) is 3.03. The highest BCUT2D eigenvalue weighted by Crippen LogP contribution is 2.29. The van der Waals surface area contributed by atoms with Crippen molar-refractivity contribution >= 4 is 22.3 Å². The van der Waals surface area contributed by atoms with Gasteiger partial charge in [0.1, 0.15) is 5.69 Å². The number of hydrogen-bond acceptors (Lipinski definition) is 6. The van der Waals surface area contributed by atoms with Gasteiger partial charge in [-0.2, -0.15) is 0 Å². The summed E-state index contributed by atoms with van der Waals surface area (Å²) in [5.41, 5.74) is 0.366. The number of aromatic amines is 1. The third-order valence-corrected chi connectivity index (χ3v) is 4.29. The van der Waals surface area contributed by atoms with Crippen LogP contribution >= 0.6 is 0 Å². The van der Waals surface area contributed by atoms with E-state index in [4.69, 9.17) is 0 Å². The van der Waals surface area contributed by atoms with Crippen molar-refractivity contribution in [3.63, 3.8) is 0 Å². The number of fused-ring (bicyclic) bond motifs is 1. The van der Waals surface area contributed by atoms with Crippen LogP contribution in [0.5, 0.6) is 0 Å². The van der Waals surface area contributed by atoms with E-state index in [2.05, 4.69) is 26.8 Å². The van der Waals surface area contributed by atoms with Crippen molar-refractivity contribution in [2.24, 2.45) is 0 Å². The third-order valence-electron chi connectivity index (χ3n) is 4.29. The van der Waals surface area contributed by atoms with Crippen LogP contribution in [0.2, 0.25) is 0 Å². The molecule has 2 heterocycles. The van der Waals surface area contributed by atoms with E-state index in [1.807, 2.05) is 6.08 Å². The number of H-pyrrole nitrogens is 1. The van der Waals surface area contributed by atoms with Gasteiger partial charge in [0.05, 0.1) is 22.2 Å². The topological polar surface area (TPSA) is 104 Å². The number of benzene rings is 1. The summed E-state index contributed by atoms with van der Waals surface area (Å²) in [6, 6.07) is 3.03. The van der Waals surface area contributed by atoms with Crippen LogP contribution in [0.1, 0.15) is 12.8 Å². The predicted molar refractivity (Wildman–Crippen MR) is 92.3 cm³/mol. The van der Waals surface area contributed by atoms with Crippen LogP contribution in [-0.2, 0) is 0 Å². The van der Waals surface area contributed by atoms with E-state index in [-0.39, 0.29) is 22.7 Å². The molecule has 8 nitrogen and oxygen atoms in total. The molecule has 126 valence electrons. The van der Waals surface area contributed by atoms with Crippen LogP contribution in [0, 0.1) is 10.1 Å². The second kappa shape index (κ2) is 6.79. The number of nitro groups is 1. The second-order valence-electron chi connectivity index (χ2n) is 5.88. The first-order valence-electron chi connectivity index (χ1n) is 7.84. The number of anilines is 1. The number of rotatable bonds is 5. The van der Waals surface area contributed by atoms with Gasteiger partial charge in [-0.05, 0) is 18.9 Å². The lowest BCUT2D eigenvalue weighted by Crippen LogP contribution is -2.39. The van der Waals surface area contributed by atoms with Crippen molar-refractivity contribution in [2.75, 3.05) is 25.0 Å². The Morgan fingerprint density at radius 3 is 2.88 bits per heavy atom. The average Bonchev–Trinajstić information content (AvgIpc) is 2.56. The van der Waals surface area contributed by atoms with Crippen LogP contribution in [0.4, 0.5) is 11.4 Å². The zero-order chi connectivity index (χ0) is 17.1. The van der Waals surface area contributed by atoms with Gasteiger partial charge in [0, 0.05) is 31.7 Å². The lowest BCUT2D eigenvalue weighted by atomic mass is 10.0. The van der Waals surface area contributed by atoms with Gasteiger partial charge in [-0.25, -0.2) is 4.98 Å². The fraction of sp³-hybridized carbons (Fsp3) is 0.375. The SMILES string of the molecule is C=CCN1CCC(Nc2cc3nc[nH]c(=O)c3cc2[N+](=O)[O-])CC1. The first kappa shape index (κ1) is 16.1. The molecule has 2 N–H and O–H groups in total. The van der Waals surface area contributed by atoms with Crippen LogP contribution in [-0.4, -0.2) is 45.5 Å². The minimum atomic E-state index is -0.471. The van der Waals surface area contributed by atoms with E-state index in [1.165, 1.54) is 12.4 Å². The summed E-state index contributed by atoms with van der Waals surface area (Å²) in [5, 5.41) is 14.8. The molecule has 0 aliphatic carbocycles. The van der Waals surface area contributed by atoms with Crippen molar-refractivity contribution in [3.05, 3.63) is 51.6 Å². The highest BCUT2D eigenvalue weighted by Gasteiger charge is 2.23. The molecule has 0 amide bonds. The van der Waals surface area contributed by atoms with Gasteiger partial charge < -0.3 is 10.3 Å². The van der Waals surface area contributed by atoms with Crippen molar-refractivity contribution in [1.29, 1.82) is 0 Å². The standard InChI is InChI=1S/C16H19N5O3/c1-2-5-20-6-3-11(4-7-20)19-14-9-13-12(8-15(14)21(23)24)16(22)18-10-17-13/h2,8-11,19H,1,3-7H2,(H,17,18,22). The van der Waals surface area contributed by atoms with Gasteiger partial charge in [0.2, 0.25) is 0 Å². The molecule has 1 aliphatic rings. The molecule has 24 heavy (non-hydrogen) atoms. The predicted octanol–water partition coefficient (Wildman–Crippen LogP) is 1.89. The number of likely N-dealkylation sites (tertiary alicyclic amines) is 1. The third kappa shape index (κ3) is 3.28. The Labute approximate surface area is 138 Å². The van der Waals surface area contributed by atoms with Gasteiger partial charge in [-0.3, -0.25) is 19.8 Å². The molecule has 1 aromatic heterocycles.